The molecule has 1 heterocycles. The number of aryl methyl sites for hydroxylation is 3. The van der Waals surface area contributed by atoms with Crippen LogP contribution in [0.15, 0.2) is 24.4 Å². The van der Waals surface area contributed by atoms with Crippen LogP contribution >= 0.6 is 0 Å². The molecule has 78 valence electrons. The molecule has 0 saturated carbocycles. The monoisotopic (exact) mass is 204 g/mol. The maximum absolute atomic E-state index is 13.4. The van der Waals surface area contributed by atoms with E-state index in [9.17, 15) is 4.39 Å². The summed E-state index contributed by atoms with van der Waals surface area (Å²) in [6.45, 7) is 3.68. The van der Waals surface area contributed by atoms with E-state index < -0.39 is 0 Å². The topological polar surface area (TPSA) is 17.8 Å². The van der Waals surface area contributed by atoms with E-state index in [1.165, 1.54) is 6.07 Å². The molecular weight excluding hydrogens is 191 g/mol. The van der Waals surface area contributed by atoms with Crippen molar-refractivity contribution in [1.29, 1.82) is 0 Å². The Kier molecular flexibility index (Phi) is 2.31. The number of aromatic nitrogens is 2. The van der Waals surface area contributed by atoms with Crippen LogP contribution in [0.25, 0.3) is 11.4 Å². The second-order valence-electron chi connectivity index (χ2n) is 3.78. The third-order valence-corrected chi connectivity index (χ3v) is 2.43. The molecule has 2 aromatic rings. The Morgan fingerprint density at radius 1 is 1.27 bits per heavy atom. The van der Waals surface area contributed by atoms with Gasteiger partial charge in [-0.1, -0.05) is 12.1 Å². The van der Waals surface area contributed by atoms with Crippen LogP contribution in [0.4, 0.5) is 4.39 Å². The van der Waals surface area contributed by atoms with Crippen molar-refractivity contribution < 1.29 is 4.39 Å². The molecule has 2 rings (SSSR count). The third kappa shape index (κ3) is 1.77. The van der Waals surface area contributed by atoms with Gasteiger partial charge in [0, 0.05) is 18.8 Å². The van der Waals surface area contributed by atoms with E-state index in [-0.39, 0.29) is 5.82 Å². The molecule has 0 spiro atoms. The molecule has 3 heteroatoms. The van der Waals surface area contributed by atoms with Gasteiger partial charge < -0.3 is 4.57 Å². The van der Waals surface area contributed by atoms with Crippen LogP contribution in [-0.4, -0.2) is 9.55 Å². The van der Waals surface area contributed by atoms with Gasteiger partial charge in [-0.05, 0) is 25.5 Å². The van der Waals surface area contributed by atoms with E-state index in [0.29, 0.717) is 5.56 Å². The van der Waals surface area contributed by atoms with Crippen LogP contribution < -0.4 is 0 Å². The second kappa shape index (κ2) is 3.50. The van der Waals surface area contributed by atoms with Crippen LogP contribution in [0, 0.1) is 19.7 Å². The van der Waals surface area contributed by atoms with Gasteiger partial charge in [-0.25, -0.2) is 9.37 Å². The number of imidazole rings is 1. The summed E-state index contributed by atoms with van der Waals surface area (Å²) in [6, 6.07) is 5.19. The first-order valence-electron chi connectivity index (χ1n) is 4.84. The summed E-state index contributed by atoms with van der Waals surface area (Å²) in [7, 11) is 1.91. The lowest BCUT2D eigenvalue weighted by Gasteiger charge is -2.03. The first-order chi connectivity index (χ1) is 7.08. The lowest BCUT2D eigenvalue weighted by Crippen LogP contribution is -1.92. The minimum absolute atomic E-state index is 0.187. The highest BCUT2D eigenvalue weighted by Crippen LogP contribution is 2.20. The molecule has 0 N–H and O–H groups in total. The summed E-state index contributed by atoms with van der Waals surface area (Å²) in [6.07, 6.45) is 1.92. The predicted octanol–water partition coefficient (Wildman–Crippen LogP) is 2.84. The Hall–Kier alpha value is -1.64. The first-order valence-corrected chi connectivity index (χ1v) is 4.84. The predicted molar refractivity (Wildman–Crippen MR) is 58.1 cm³/mol. The zero-order chi connectivity index (χ0) is 11.0. The van der Waals surface area contributed by atoms with Crippen molar-refractivity contribution in [1.82, 2.24) is 9.55 Å². The Labute approximate surface area is 88.4 Å². The molecule has 0 bridgehead atoms. The highest BCUT2D eigenvalue weighted by Gasteiger charge is 2.07. The van der Waals surface area contributed by atoms with Crippen molar-refractivity contribution in [3.05, 3.63) is 41.5 Å². The molecule has 0 saturated heterocycles. The van der Waals surface area contributed by atoms with Gasteiger partial charge in [0.1, 0.15) is 11.6 Å². The minimum atomic E-state index is -0.187. The lowest BCUT2D eigenvalue weighted by atomic mass is 10.1. The normalized spacial score (nSPS) is 10.7. The molecule has 0 radical (unpaired) electrons. The molecule has 0 atom stereocenters. The second-order valence-corrected chi connectivity index (χ2v) is 3.78. The summed E-state index contributed by atoms with van der Waals surface area (Å²) in [5.74, 6) is 0.611. The Bertz CT molecular complexity index is 500. The maximum Gasteiger partial charge on any atom is 0.140 e. The van der Waals surface area contributed by atoms with Gasteiger partial charge in [-0.2, -0.15) is 0 Å². The minimum Gasteiger partial charge on any atom is -0.334 e. The number of halogens is 1. The van der Waals surface area contributed by atoms with E-state index in [2.05, 4.69) is 4.98 Å². The summed E-state index contributed by atoms with van der Waals surface area (Å²) in [4.78, 5) is 4.35. The number of rotatable bonds is 1. The Balaban J connectivity index is 2.54. The van der Waals surface area contributed by atoms with Crippen LogP contribution in [-0.2, 0) is 7.05 Å². The lowest BCUT2D eigenvalue weighted by molar-refractivity contribution is 0.619. The zero-order valence-corrected chi connectivity index (χ0v) is 9.08. The quantitative estimate of drug-likeness (QED) is 0.698. The van der Waals surface area contributed by atoms with E-state index in [0.717, 1.165) is 17.1 Å². The van der Waals surface area contributed by atoms with Gasteiger partial charge in [0.25, 0.3) is 0 Å². The van der Waals surface area contributed by atoms with Crippen LogP contribution in [0.5, 0.6) is 0 Å². The van der Waals surface area contributed by atoms with Gasteiger partial charge >= 0.3 is 0 Å². The van der Waals surface area contributed by atoms with E-state index in [4.69, 9.17) is 0 Å². The van der Waals surface area contributed by atoms with Gasteiger partial charge in [0.05, 0.1) is 5.69 Å². The summed E-state index contributed by atoms with van der Waals surface area (Å²) < 4.78 is 15.3. The fraction of sp³-hybridized carbons (Fsp3) is 0.250. The number of hydrogen-bond acceptors (Lipinski definition) is 1. The number of nitrogens with zero attached hydrogens (tertiary/aromatic N) is 2. The smallest absolute Gasteiger partial charge is 0.140 e. The molecule has 1 aromatic carbocycles. The average molecular weight is 204 g/mol. The van der Waals surface area contributed by atoms with Crippen LogP contribution in [0.2, 0.25) is 0 Å². The standard InChI is InChI=1S/C12H13FN2/c1-8-4-5-10(6-11(8)13)12-14-9(2)7-15(12)3/h4-7H,1-3H3. The summed E-state index contributed by atoms with van der Waals surface area (Å²) >= 11 is 0. The zero-order valence-electron chi connectivity index (χ0n) is 9.08. The van der Waals surface area contributed by atoms with E-state index in [1.54, 1.807) is 13.0 Å². The molecule has 2 nitrogen and oxygen atoms in total. The van der Waals surface area contributed by atoms with Crippen molar-refractivity contribution in [2.75, 3.05) is 0 Å². The van der Waals surface area contributed by atoms with Crippen LogP contribution in [0.1, 0.15) is 11.3 Å². The van der Waals surface area contributed by atoms with Crippen LogP contribution in [0.3, 0.4) is 0 Å². The molecular formula is C12H13FN2. The van der Waals surface area contributed by atoms with Crippen molar-refractivity contribution in [3.63, 3.8) is 0 Å². The number of benzene rings is 1. The fourth-order valence-electron chi connectivity index (χ4n) is 1.62. The molecule has 0 aliphatic heterocycles. The van der Waals surface area contributed by atoms with Gasteiger partial charge in [-0.3, -0.25) is 0 Å². The van der Waals surface area contributed by atoms with Crippen molar-refractivity contribution >= 4 is 0 Å². The Morgan fingerprint density at radius 3 is 2.53 bits per heavy atom. The molecule has 0 fully saturated rings. The van der Waals surface area contributed by atoms with E-state index in [1.807, 2.05) is 30.8 Å². The highest BCUT2D eigenvalue weighted by atomic mass is 19.1. The van der Waals surface area contributed by atoms with Gasteiger partial charge in [0.2, 0.25) is 0 Å². The largest absolute Gasteiger partial charge is 0.334 e. The maximum atomic E-state index is 13.4. The molecule has 0 amide bonds. The number of hydrogen-bond donors (Lipinski definition) is 0. The molecule has 15 heavy (non-hydrogen) atoms. The van der Waals surface area contributed by atoms with Crippen molar-refractivity contribution in [2.24, 2.45) is 7.05 Å². The first kappa shape index (κ1) is 9.90. The molecule has 1 aromatic heterocycles. The van der Waals surface area contributed by atoms with Gasteiger partial charge in [0.15, 0.2) is 0 Å². The Morgan fingerprint density at radius 2 is 2.00 bits per heavy atom. The molecule has 0 aliphatic carbocycles. The summed E-state index contributed by atoms with van der Waals surface area (Å²) in [5.41, 5.74) is 2.41. The van der Waals surface area contributed by atoms with Crippen molar-refractivity contribution in [2.45, 2.75) is 13.8 Å². The van der Waals surface area contributed by atoms with Crippen molar-refractivity contribution in [3.8, 4) is 11.4 Å². The highest BCUT2D eigenvalue weighted by molar-refractivity contribution is 5.56. The third-order valence-electron chi connectivity index (χ3n) is 2.43. The molecule has 0 aliphatic rings. The fourth-order valence-corrected chi connectivity index (χ4v) is 1.62. The average Bonchev–Trinajstić information content (AvgIpc) is 2.50. The van der Waals surface area contributed by atoms with Gasteiger partial charge in [-0.15, -0.1) is 0 Å². The molecule has 0 unspecified atom stereocenters. The van der Waals surface area contributed by atoms with E-state index >= 15 is 0 Å². The SMILES string of the molecule is Cc1cn(C)c(-c2ccc(C)c(F)c2)n1. The summed E-state index contributed by atoms with van der Waals surface area (Å²) in [5, 5.41) is 0.